The van der Waals surface area contributed by atoms with E-state index in [2.05, 4.69) is 15.4 Å². The van der Waals surface area contributed by atoms with E-state index in [1.807, 2.05) is 43.3 Å². The minimum atomic E-state index is -3.95. The second-order valence-electron chi connectivity index (χ2n) is 15.3. The molecule has 14 nitrogen and oxygen atoms in total. The second kappa shape index (κ2) is 16.3. The van der Waals surface area contributed by atoms with Crippen LogP contribution in [0, 0.1) is 5.92 Å². The van der Waals surface area contributed by atoms with Gasteiger partial charge in [0.1, 0.15) is 29.3 Å². The average Bonchev–Trinajstić information content (AvgIpc) is 3.61. The fourth-order valence-electron chi connectivity index (χ4n) is 7.10. The maximum Gasteiger partial charge on any atom is 0.410 e. The van der Waals surface area contributed by atoms with E-state index in [4.69, 9.17) is 9.47 Å². The Kier molecular flexibility index (Phi) is 12.2. The molecule has 1 aromatic carbocycles. The van der Waals surface area contributed by atoms with Crippen LogP contribution in [0.15, 0.2) is 36.4 Å². The summed E-state index contributed by atoms with van der Waals surface area (Å²) >= 11 is 0. The topological polar surface area (TPSA) is 181 Å². The Hall–Kier alpha value is -4.14. The zero-order chi connectivity index (χ0) is 37.7. The molecule has 3 heterocycles. The molecule has 0 aromatic heterocycles. The number of benzene rings is 1. The molecular formula is C37H53N5O9S. The van der Waals surface area contributed by atoms with Gasteiger partial charge in [0.2, 0.25) is 21.8 Å². The Morgan fingerprint density at radius 1 is 1.08 bits per heavy atom. The van der Waals surface area contributed by atoms with E-state index in [0.29, 0.717) is 45.2 Å². The highest BCUT2D eigenvalue weighted by Crippen LogP contribution is 2.45. The summed E-state index contributed by atoms with van der Waals surface area (Å²) in [5.74, 6) is -2.73. The third-order valence-corrected chi connectivity index (χ3v) is 11.3. The van der Waals surface area contributed by atoms with Crippen LogP contribution in [-0.2, 0) is 46.8 Å². The van der Waals surface area contributed by atoms with Gasteiger partial charge in [-0.2, -0.15) is 0 Å². The predicted molar refractivity (Wildman–Crippen MR) is 192 cm³/mol. The van der Waals surface area contributed by atoms with Gasteiger partial charge in [-0.15, -0.1) is 0 Å². The third kappa shape index (κ3) is 9.84. The molecule has 0 spiro atoms. The Labute approximate surface area is 306 Å². The van der Waals surface area contributed by atoms with Gasteiger partial charge < -0.3 is 29.9 Å². The first-order valence-corrected chi connectivity index (χ1v) is 20.1. The number of alkyl carbamates (subject to hydrolysis) is 1. The largest absolute Gasteiger partial charge is 0.444 e. The number of amides is 5. The smallest absolute Gasteiger partial charge is 0.410 e. The van der Waals surface area contributed by atoms with Crippen molar-refractivity contribution in [3.05, 3.63) is 47.5 Å². The van der Waals surface area contributed by atoms with Gasteiger partial charge in [-0.3, -0.25) is 19.1 Å². The Bertz CT molecular complexity index is 1660. The number of hydrogen-bond acceptors (Lipinski definition) is 9. The summed E-state index contributed by atoms with van der Waals surface area (Å²) in [6, 6.07) is 5.65. The maximum absolute atomic E-state index is 14.3. The van der Waals surface area contributed by atoms with Crippen LogP contribution in [0.2, 0.25) is 0 Å². The van der Waals surface area contributed by atoms with Gasteiger partial charge in [-0.25, -0.2) is 18.0 Å². The number of carbonyl (C=O) groups excluding carboxylic acids is 5. The highest BCUT2D eigenvalue weighted by Gasteiger charge is 2.61. The molecule has 5 rings (SSSR count). The van der Waals surface area contributed by atoms with E-state index in [9.17, 15) is 32.4 Å². The first-order valence-electron chi connectivity index (χ1n) is 18.5. The lowest BCUT2D eigenvalue weighted by molar-refractivity contribution is -0.141. The first kappa shape index (κ1) is 39.1. The normalized spacial score (nSPS) is 27.4. The van der Waals surface area contributed by atoms with E-state index in [1.54, 1.807) is 25.7 Å². The molecule has 52 heavy (non-hydrogen) atoms. The second-order valence-corrected chi connectivity index (χ2v) is 17.2. The lowest BCUT2D eigenvalue weighted by atomic mass is 10.0. The molecule has 0 unspecified atom stereocenters. The fraction of sp³-hybridized carbons (Fsp3) is 0.649. The molecule has 1 saturated carbocycles. The highest BCUT2D eigenvalue weighted by atomic mass is 32.2. The summed E-state index contributed by atoms with van der Waals surface area (Å²) in [7, 11) is -3.95. The number of rotatable bonds is 7. The summed E-state index contributed by atoms with van der Waals surface area (Å²) in [4.78, 5) is 71.4. The van der Waals surface area contributed by atoms with Crippen molar-refractivity contribution in [1.29, 1.82) is 0 Å². The van der Waals surface area contributed by atoms with Crippen molar-refractivity contribution in [1.82, 2.24) is 25.2 Å². The SMILES string of the molecule is CCCCS(=O)(=O)NC(=O)[C@@]12C[C@H]1/C=C\CCCCC[C@H](NC(=O)OC(C)(C)C)C(=O)N1C[C@H](OC(=O)N3CCc4ccccc4C3)C[C@H]1C(=O)N2. The number of nitrogens with one attached hydrogen (secondary N) is 3. The van der Waals surface area contributed by atoms with Gasteiger partial charge in [0.05, 0.1) is 12.3 Å². The fourth-order valence-corrected chi connectivity index (χ4v) is 8.34. The van der Waals surface area contributed by atoms with Crippen LogP contribution < -0.4 is 15.4 Å². The van der Waals surface area contributed by atoms with Gasteiger partial charge in [-0.05, 0) is 70.4 Å². The number of sulfonamides is 1. The summed E-state index contributed by atoms with van der Waals surface area (Å²) in [5, 5.41) is 5.52. The molecule has 5 amide bonds. The van der Waals surface area contributed by atoms with E-state index in [-0.39, 0.29) is 31.6 Å². The van der Waals surface area contributed by atoms with E-state index < -0.39 is 75.2 Å². The van der Waals surface area contributed by atoms with Crippen molar-refractivity contribution in [2.24, 2.45) is 5.92 Å². The van der Waals surface area contributed by atoms with Crippen LogP contribution in [0.4, 0.5) is 9.59 Å². The standard InChI is InChI=1S/C37H53N5O9S/c1-5-6-20-52(48,49)40-33(45)37-22-27(37)16-10-8-7-9-11-17-29(38-34(46)51-36(2,3)4)32(44)42-24-28(21-30(42)31(43)39-37)50-35(47)41-19-18-25-14-12-13-15-26(25)23-41/h10,12-16,27-30H,5-9,11,17-24H2,1-4H3,(H,38,46)(H,39,43)(H,40,45)/b16-10-/t27-,28-,29+,30+,37-/m1/s1. The Balaban J connectivity index is 1.40. The zero-order valence-corrected chi connectivity index (χ0v) is 31.5. The van der Waals surface area contributed by atoms with E-state index in [1.165, 1.54) is 4.90 Å². The zero-order valence-electron chi connectivity index (χ0n) is 30.6. The lowest BCUT2D eigenvalue weighted by Crippen LogP contribution is -2.58. The van der Waals surface area contributed by atoms with Crippen LogP contribution >= 0.6 is 0 Å². The quantitative estimate of drug-likeness (QED) is 0.351. The maximum atomic E-state index is 14.3. The Morgan fingerprint density at radius 2 is 1.83 bits per heavy atom. The molecule has 3 N–H and O–H groups in total. The predicted octanol–water partition coefficient (Wildman–Crippen LogP) is 3.69. The molecule has 0 radical (unpaired) electrons. The number of unbranched alkanes of at least 4 members (excludes halogenated alkanes) is 1. The van der Waals surface area contributed by atoms with Crippen molar-refractivity contribution in [2.45, 2.75) is 128 Å². The van der Waals surface area contributed by atoms with Crippen LogP contribution in [0.1, 0.15) is 96.6 Å². The molecule has 3 aliphatic heterocycles. The summed E-state index contributed by atoms with van der Waals surface area (Å²) < 4.78 is 39.1. The molecule has 4 aliphatic rings. The van der Waals surface area contributed by atoms with Crippen LogP contribution in [0.5, 0.6) is 0 Å². The lowest BCUT2D eigenvalue weighted by Gasteiger charge is -2.30. The molecular weight excluding hydrogens is 690 g/mol. The molecule has 1 saturated heterocycles. The van der Waals surface area contributed by atoms with E-state index >= 15 is 0 Å². The molecule has 1 aliphatic carbocycles. The number of fused-ring (bicyclic) bond motifs is 3. The molecule has 286 valence electrons. The van der Waals surface area contributed by atoms with E-state index in [0.717, 1.165) is 24.0 Å². The monoisotopic (exact) mass is 743 g/mol. The Morgan fingerprint density at radius 3 is 2.56 bits per heavy atom. The van der Waals surface area contributed by atoms with Crippen LogP contribution in [-0.4, -0.2) is 96.3 Å². The van der Waals surface area contributed by atoms with Gasteiger partial charge in [0.15, 0.2) is 0 Å². The van der Waals surface area contributed by atoms with Crippen molar-refractivity contribution < 1.29 is 41.9 Å². The number of allylic oxidation sites excluding steroid dienone is 1. The summed E-state index contributed by atoms with van der Waals surface area (Å²) in [6.45, 7) is 7.68. The van der Waals surface area contributed by atoms with Crippen molar-refractivity contribution >= 4 is 39.9 Å². The molecule has 2 fully saturated rings. The number of hydrogen-bond donors (Lipinski definition) is 3. The third-order valence-electron chi connectivity index (χ3n) is 10.0. The number of nitrogens with zero attached hydrogens (tertiary/aromatic N) is 2. The minimum Gasteiger partial charge on any atom is -0.444 e. The van der Waals surface area contributed by atoms with Crippen molar-refractivity contribution in [2.75, 3.05) is 18.8 Å². The van der Waals surface area contributed by atoms with Crippen molar-refractivity contribution in [3.8, 4) is 0 Å². The first-order chi connectivity index (χ1) is 24.6. The molecule has 1 aromatic rings. The van der Waals surface area contributed by atoms with Gasteiger partial charge >= 0.3 is 12.2 Å². The number of ether oxygens (including phenoxy) is 2. The summed E-state index contributed by atoms with van der Waals surface area (Å²) in [5.41, 5.74) is -0.174. The van der Waals surface area contributed by atoms with Crippen molar-refractivity contribution in [3.63, 3.8) is 0 Å². The van der Waals surface area contributed by atoms with Gasteiger partial charge in [0.25, 0.3) is 5.91 Å². The molecule has 15 heteroatoms. The molecule has 5 atom stereocenters. The van der Waals surface area contributed by atoms with Crippen LogP contribution in [0.3, 0.4) is 0 Å². The highest BCUT2D eigenvalue weighted by molar-refractivity contribution is 7.90. The average molecular weight is 744 g/mol. The van der Waals surface area contributed by atoms with Gasteiger partial charge in [-0.1, -0.05) is 62.6 Å². The summed E-state index contributed by atoms with van der Waals surface area (Å²) in [6.07, 6.45) is 6.42. The number of carbonyl (C=O) groups is 5. The molecule has 0 bridgehead atoms. The van der Waals surface area contributed by atoms with Crippen LogP contribution in [0.25, 0.3) is 0 Å². The van der Waals surface area contributed by atoms with Gasteiger partial charge in [0, 0.05) is 25.4 Å². The minimum absolute atomic E-state index is 0.0557.